The van der Waals surface area contributed by atoms with E-state index >= 15 is 0 Å². The molecule has 0 aliphatic heterocycles. The molecule has 0 amide bonds. The summed E-state index contributed by atoms with van der Waals surface area (Å²) in [5.41, 5.74) is 1.06. The Balaban J connectivity index is 2.51. The first kappa shape index (κ1) is 10.1. The summed E-state index contributed by atoms with van der Waals surface area (Å²) in [5.74, 6) is -0.198. The standard InChI is InChI=1S/C13H12FO/c14-13-8-2-6-11-10(5-3-9-15)4-1-7-12(11)13/h1-2,4,6-8H,3,5,9H2. The summed E-state index contributed by atoms with van der Waals surface area (Å²) in [6, 6.07) is 10.6. The summed E-state index contributed by atoms with van der Waals surface area (Å²) in [6.07, 6.45) is 1.33. The Kier molecular flexibility index (Phi) is 2.97. The van der Waals surface area contributed by atoms with Crippen LogP contribution in [0.15, 0.2) is 36.4 Å². The molecule has 0 aromatic heterocycles. The molecule has 2 aromatic carbocycles. The molecule has 15 heavy (non-hydrogen) atoms. The number of halogens is 1. The molecule has 0 bridgehead atoms. The van der Waals surface area contributed by atoms with E-state index in [1.165, 1.54) is 6.07 Å². The van der Waals surface area contributed by atoms with Gasteiger partial charge in [-0.1, -0.05) is 30.3 Å². The van der Waals surface area contributed by atoms with Gasteiger partial charge < -0.3 is 0 Å². The van der Waals surface area contributed by atoms with Gasteiger partial charge in [-0.05, 0) is 29.9 Å². The molecule has 0 spiro atoms. The van der Waals surface area contributed by atoms with E-state index in [4.69, 9.17) is 0 Å². The fourth-order valence-electron chi connectivity index (χ4n) is 1.82. The average molecular weight is 203 g/mol. The third-order valence-corrected chi connectivity index (χ3v) is 2.55. The second-order valence-electron chi connectivity index (χ2n) is 3.56. The van der Waals surface area contributed by atoms with Crippen molar-refractivity contribution in [2.45, 2.75) is 12.8 Å². The quantitative estimate of drug-likeness (QED) is 0.729. The third kappa shape index (κ3) is 2.00. The molecule has 0 aliphatic carbocycles. The summed E-state index contributed by atoms with van der Waals surface area (Å²) in [5, 5.41) is 12.0. The lowest BCUT2D eigenvalue weighted by atomic mass is 10.0. The zero-order valence-corrected chi connectivity index (χ0v) is 8.37. The molecule has 0 N–H and O–H groups in total. The number of benzene rings is 2. The van der Waals surface area contributed by atoms with E-state index in [1.807, 2.05) is 18.2 Å². The fourth-order valence-corrected chi connectivity index (χ4v) is 1.82. The van der Waals surface area contributed by atoms with Gasteiger partial charge in [0.05, 0.1) is 6.61 Å². The van der Waals surface area contributed by atoms with Gasteiger partial charge in [-0.25, -0.2) is 9.50 Å². The SMILES string of the molecule is [O]CCCc1cccc2c(F)cccc12. The zero-order valence-electron chi connectivity index (χ0n) is 8.37. The van der Waals surface area contributed by atoms with Crippen LogP contribution >= 0.6 is 0 Å². The van der Waals surface area contributed by atoms with Crippen molar-refractivity contribution in [3.63, 3.8) is 0 Å². The average Bonchev–Trinajstić information content (AvgIpc) is 2.27. The van der Waals surface area contributed by atoms with Crippen molar-refractivity contribution in [3.05, 3.63) is 47.8 Å². The lowest BCUT2D eigenvalue weighted by molar-refractivity contribution is 0.189. The second kappa shape index (κ2) is 4.41. The minimum absolute atomic E-state index is 0.0777. The zero-order chi connectivity index (χ0) is 10.7. The molecule has 0 unspecified atom stereocenters. The van der Waals surface area contributed by atoms with Crippen molar-refractivity contribution in [2.24, 2.45) is 0 Å². The van der Waals surface area contributed by atoms with Crippen molar-refractivity contribution in [2.75, 3.05) is 6.61 Å². The van der Waals surface area contributed by atoms with Gasteiger partial charge in [0.1, 0.15) is 5.82 Å². The van der Waals surface area contributed by atoms with E-state index in [-0.39, 0.29) is 12.4 Å². The third-order valence-electron chi connectivity index (χ3n) is 2.55. The maximum atomic E-state index is 13.4. The van der Waals surface area contributed by atoms with E-state index in [0.29, 0.717) is 11.8 Å². The first-order valence-electron chi connectivity index (χ1n) is 5.07. The lowest BCUT2D eigenvalue weighted by Gasteiger charge is -2.05. The maximum Gasteiger partial charge on any atom is 0.131 e. The smallest absolute Gasteiger partial charge is 0.131 e. The molecule has 1 nitrogen and oxygen atoms in total. The first-order valence-corrected chi connectivity index (χ1v) is 5.07. The molecular formula is C13H12FO. The molecule has 1 radical (unpaired) electrons. The number of aryl methyl sites for hydroxylation is 1. The van der Waals surface area contributed by atoms with Crippen LogP contribution in [-0.4, -0.2) is 6.61 Å². The van der Waals surface area contributed by atoms with Crippen LogP contribution in [0.3, 0.4) is 0 Å². The molecule has 2 heteroatoms. The van der Waals surface area contributed by atoms with Crippen molar-refractivity contribution >= 4 is 10.8 Å². The topological polar surface area (TPSA) is 19.9 Å². The fraction of sp³-hybridized carbons (Fsp3) is 0.231. The predicted octanol–water partition coefficient (Wildman–Crippen LogP) is 3.34. The van der Waals surface area contributed by atoms with Gasteiger partial charge in [0.25, 0.3) is 0 Å². The van der Waals surface area contributed by atoms with Crippen LogP contribution in [0.4, 0.5) is 4.39 Å². The van der Waals surface area contributed by atoms with Crippen LogP contribution in [0.2, 0.25) is 0 Å². The highest BCUT2D eigenvalue weighted by molar-refractivity contribution is 5.86. The van der Waals surface area contributed by atoms with Crippen LogP contribution in [0.5, 0.6) is 0 Å². The molecule has 0 heterocycles. The van der Waals surface area contributed by atoms with Gasteiger partial charge in [0, 0.05) is 5.39 Å². The Morgan fingerprint density at radius 1 is 1.00 bits per heavy atom. The molecule has 0 saturated carbocycles. The van der Waals surface area contributed by atoms with Gasteiger partial charge in [-0.2, -0.15) is 0 Å². The Morgan fingerprint density at radius 3 is 2.53 bits per heavy atom. The van der Waals surface area contributed by atoms with Crippen molar-refractivity contribution < 1.29 is 9.50 Å². The Morgan fingerprint density at radius 2 is 1.73 bits per heavy atom. The number of rotatable bonds is 3. The number of hydrogen-bond donors (Lipinski definition) is 0. The van der Waals surface area contributed by atoms with Gasteiger partial charge in [0.15, 0.2) is 0 Å². The van der Waals surface area contributed by atoms with E-state index in [9.17, 15) is 9.50 Å². The summed E-state index contributed by atoms with van der Waals surface area (Å²) < 4.78 is 13.4. The second-order valence-corrected chi connectivity index (χ2v) is 3.56. The normalized spacial score (nSPS) is 10.8. The maximum absolute atomic E-state index is 13.4. The summed E-state index contributed by atoms with van der Waals surface area (Å²) in [4.78, 5) is 0. The van der Waals surface area contributed by atoms with Crippen LogP contribution in [0.25, 0.3) is 10.8 Å². The van der Waals surface area contributed by atoms with Crippen LogP contribution in [-0.2, 0) is 11.5 Å². The largest absolute Gasteiger partial charge is 0.237 e. The molecule has 0 atom stereocenters. The van der Waals surface area contributed by atoms with E-state index < -0.39 is 0 Å². The highest BCUT2D eigenvalue weighted by Gasteiger charge is 2.03. The number of fused-ring (bicyclic) bond motifs is 1. The highest BCUT2D eigenvalue weighted by Crippen LogP contribution is 2.22. The van der Waals surface area contributed by atoms with Crippen LogP contribution in [0, 0.1) is 5.82 Å². The summed E-state index contributed by atoms with van der Waals surface area (Å²) >= 11 is 0. The van der Waals surface area contributed by atoms with E-state index in [2.05, 4.69) is 0 Å². The molecule has 0 saturated heterocycles. The van der Waals surface area contributed by atoms with Crippen molar-refractivity contribution in [1.82, 2.24) is 0 Å². The lowest BCUT2D eigenvalue weighted by Crippen LogP contribution is -1.91. The monoisotopic (exact) mass is 203 g/mol. The summed E-state index contributed by atoms with van der Waals surface area (Å²) in [7, 11) is 0. The minimum atomic E-state index is -0.198. The Bertz CT molecular complexity index is 465. The van der Waals surface area contributed by atoms with E-state index in [0.717, 1.165) is 17.4 Å². The first-order chi connectivity index (χ1) is 7.33. The Hall–Kier alpha value is -1.41. The minimum Gasteiger partial charge on any atom is -0.237 e. The molecule has 0 fully saturated rings. The predicted molar refractivity (Wildman–Crippen MR) is 57.8 cm³/mol. The number of hydrogen-bond acceptors (Lipinski definition) is 0. The van der Waals surface area contributed by atoms with Gasteiger partial charge in [0.2, 0.25) is 0 Å². The molecule has 0 aliphatic rings. The Labute approximate surface area is 88.2 Å². The van der Waals surface area contributed by atoms with Crippen molar-refractivity contribution in [3.8, 4) is 0 Å². The molecule has 2 aromatic rings. The van der Waals surface area contributed by atoms with Gasteiger partial charge >= 0.3 is 0 Å². The van der Waals surface area contributed by atoms with E-state index in [1.54, 1.807) is 12.1 Å². The van der Waals surface area contributed by atoms with Crippen LogP contribution in [0.1, 0.15) is 12.0 Å². The van der Waals surface area contributed by atoms with Gasteiger partial charge in [-0.3, -0.25) is 0 Å². The molecular weight excluding hydrogens is 191 g/mol. The van der Waals surface area contributed by atoms with Gasteiger partial charge in [-0.15, -0.1) is 0 Å². The highest BCUT2D eigenvalue weighted by atomic mass is 19.1. The molecule has 2 rings (SSSR count). The summed E-state index contributed by atoms with van der Waals surface area (Å²) in [6.45, 7) is -0.0777. The molecule has 77 valence electrons. The van der Waals surface area contributed by atoms with Crippen LogP contribution < -0.4 is 0 Å². The van der Waals surface area contributed by atoms with Crippen molar-refractivity contribution in [1.29, 1.82) is 0 Å².